The van der Waals surface area contributed by atoms with Crippen LogP contribution in [0, 0.1) is 0 Å². The molecule has 7 nitrogen and oxygen atoms in total. The van der Waals surface area contributed by atoms with Crippen LogP contribution in [0.15, 0.2) is 30.6 Å². The number of aliphatic hydroxyl groups excluding tert-OH is 1. The lowest BCUT2D eigenvalue weighted by atomic mass is 9.94. The van der Waals surface area contributed by atoms with Gasteiger partial charge in [0, 0.05) is 44.0 Å². The third-order valence-corrected chi connectivity index (χ3v) is 6.02. The number of aromatic nitrogens is 2. The van der Waals surface area contributed by atoms with Crippen LogP contribution in [0.25, 0.3) is 0 Å². The van der Waals surface area contributed by atoms with E-state index >= 15 is 0 Å². The smallest absolute Gasteiger partial charge is 0.161 e. The second-order valence-electron chi connectivity index (χ2n) is 8.49. The number of methoxy groups -OCH3 is 1. The fourth-order valence-electron chi connectivity index (χ4n) is 4.20. The molecule has 2 N–H and O–H groups in total. The summed E-state index contributed by atoms with van der Waals surface area (Å²) in [6.07, 6.45) is 9.81. The first-order valence-electron chi connectivity index (χ1n) is 11.5. The van der Waals surface area contributed by atoms with Gasteiger partial charge in [-0.2, -0.15) is 5.10 Å². The molecule has 1 heterocycles. The molecule has 172 valence electrons. The lowest BCUT2D eigenvalue weighted by molar-refractivity contribution is 0.0553. The van der Waals surface area contributed by atoms with E-state index in [1.807, 2.05) is 29.1 Å². The van der Waals surface area contributed by atoms with Crippen LogP contribution < -0.4 is 14.8 Å². The van der Waals surface area contributed by atoms with Crippen molar-refractivity contribution >= 4 is 0 Å². The highest BCUT2D eigenvalue weighted by atomic mass is 16.5. The van der Waals surface area contributed by atoms with Gasteiger partial charge < -0.3 is 24.8 Å². The molecule has 2 aromatic rings. The molecule has 1 fully saturated rings. The summed E-state index contributed by atoms with van der Waals surface area (Å²) in [7, 11) is 3.75. The molecule has 0 aliphatic heterocycles. The first-order chi connectivity index (χ1) is 15.1. The van der Waals surface area contributed by atoms with Crippen molar-refractivity contribution in [2.24, 2.45) is 0 Å². The Balaban J connectivity index is 1.45. The van der Waals surface area contributed by atoms with Crippen molar-refractivity contribution in [3.63, 3.8) is 0 Å². The van der Waals surface area contributed by atoms with Gasteiger partial charge >= 0.3 is 0 Å². The van der Waals surface area contributed by atoms with Gasteiger partial charge in [0.25, 0.3) is 0 Å². The molecule has 1 aliphatic rings. The molecule has 0 saturated heterocycles. The largest absolute Gasteiger partial charge is 0.493 e. The molecule has 0 bridgehead atoms. The molecular weight excluding hydrogens is 392 g/mol. The van der Waals surface area contributed by atoms with Crippen molar-refractivity contribution < 1.29 is 14.6 Å². The first kappa shape index (κ1) is 23.6. The second kappa shape index (κ2) is 12.1. The van der Waals surface area contributed by atoms with Gasteiger partial charge in [0.15, 0.2) is 11.5 Å². The number of hydrogen-bond donors (Lipinski definition) is 2. The maximum atomic E-state index is 10.4. The Morgan fingerprint density at radius 2 is 1.97 bits per heavy atom. The highest BCUT2D eigenvalue weighted by Gasteiger charge is 2.20. The molecule has 1 aliphatic carbocycles. The zero-order chi connectivity index (χ0) is 22.1. The fourth-order valence-corrected chi connectivity index (χ4v) is 4.20. The summed E-state index contributed by atoms with van der Waals surface area (Å²) in [5.74, 6) is 1.35. The Bertz CT molecular complexity index is 789. The van der Waals surface area contributed by atoms with Crippen LogP contribution in [-0.4, -0.2) is 59.2 Å². The number of hydrogen-bond acceptors (Lipinski definition) is 6. The minimum Gasteiger partial charge on any atom is -0.493 e. The van der Waals surface area contributed by atoms with Crippen molar-refractivity contribution in [1.82, 2.24) is 20.0 Å². The van der Waals surface area contributed by atoms with E-state index in [4.69, 9.17) is 9.47 Å². The molecule has 1 aromatic heterocycles. The van der Waals surface area contributed by atoms with Crippen LogP contribution in [0.5, 0.6) is 11.5 Å². The van der Waals surface area contributed by atoms with Gasteiger partial charge in [0.05, 0.1) is 13.3 Å². The van der Waals surface area contributed by atoms with E-state index in [-0.39, 0.29) is 6.61 Å². The number of ether oxygens (including phenoxy) is 2. The van der Waals surface area contributed by atoms with Crippen LogP contribution in [-0.2, 0) is 19.6 Å². The van der Waals surface area contributed by atoms with Crippen LogP contribution in [0.1, 0.15) is 50.2 Å². The molecule has 1 aromatic carbocycles. The van der Waals surface area contributed by atoms with Gasteiger partial charge in [-0.25, -0.2) is 0 Å². The molecule has 31 heavy (non-hydrogen) atoms. The van der Waals surface area contributed by atoms with E-state index in [0.29, 0.717) is 24.1 Å². The van der Waals surface area contributed by atoms with Crippen LogP contribution in [0.2, 0.25) is 0 Å². The van der Waals surface area contributed by atoms with Gasteiger partial charge in [-0.15, -0.1) is 0 Å². The van der Waals surface area contributed by atoms with Crippen molar-refractivity contribution in [3.05, 3.63) is 41.7 Å². The van der Waals surface area contributed by atoms with Crippen LogP contribution in [0.4, 0.5) is 0 Å². The standard InChI is InChI=1S/C24H38N4O3/c1-4-28-16-20(15-26-28)14-25-13-19-10-11-23(24(12-19)30-3)31-18-22(29)17-27(2)21-8-6-5-7-9-21/h10-12,15-16,21-22,25,29H,4-9,13-14,17-18H2,1-3H3. The number of benzene rings is 1. The summed E-state index contributed by atoms with van der Waals surface area (Å²) in [6.45, 7) is 5.33. The zero-order valence-corrected chi connectivity index (χ0v) is 19.2. The van der Waals surface area contributed by atoms with E-state index in [1.165, 1.54) is 37.7 Å². The first-order valence-corrected chi connectivity index (χ1v) is 11.5. The number of nitrogens with one attached hydrogen (secondary N) is 1. The highest BCUT2D eigenvalue weighted by Crippen LogP contribution is 2.28. The van der Waals surface area contributed by atoms with E-state index < -0.39 is 6.10 Å². The second-order valence-corrected chi connectivity index (χ2v) is 8.49. The van der Waals surface area contributed by atoms with Crippen molar-refractivity contribution in [2.45, 2.75) is 70.8 Å². The number of likely N-dealkylation sites (N-methyl/N-ethyl adjacent to an activating group) is 1. The van der Waals surface area contributed by atoms with E-state index in [2.05, 4.69) is 35.5 Å². The number of nitrogens with zero attached hydrogens (tertiary/aromatic N) is 3. The molecule has 0 amide bonds. The Hall–Kier alpha value is -2.09. The topological polar surface area (TPSA) is 71.8 Å². The molecule has 3 rings (SSSR count). The summed E-state index contributed by atoms with van der Waals surface area (Å²) in [5, 5.41) is 18.2. The normalized spacial score (nSPS) is 15.9. The van der Waals surface area contributed by atoms with Crippen molar-refractivity contribution in [1.29, 1.82) is 0 Å². The molecule has 0 radical (unpaired) electrons. The molecule has 1 unspecified atom stereocenters. The predicted octanol–water partition coefficient (Wildman–Crippen LogP) is 3.21. The lowest BCUT2D eigenvalue weighted by Crippen LogP contribution is -2.40. The third kappa shape index (κ3) is 7.23. The van der Waals surface area contributed by atoms with E-state index in [9.17, 15) is 5.11 Å². The fraction of sp³-hybridized carbons (Fsp3) is 0.625. The summed E-state index contributed by atoms with van der Waals surface area (Å²) >= 11 is 0. The van der Waals surface area contributed by atoms with Gasteiger partial charge in [0.2, 0.25) is 0 Å². The Kier molecular flexibility index (Phi) is 9.18. The quantitative estimate of drug-likeness (QED) is 0.539. The van der Waals surface area contributed by atoms with E-state index in [1.54, 1.807) is 7.11 Å². The van der Waals surface area contributed by atoms with Gasteiger partial charge in [-0.05, 0) is 44.5 Å². The Morgan fingerprint density at radius 1 is 1.19 bits per heavy atom. The minimum atomic E-state index is -0.526. The highest BCUT2D eigenvalue weighted by molar-refractivity contribution is 5.43. The molecule has 0 spiro atoms. The number of aliphatic hydroxyl groups is 1. The summed E-state index contributed by atoms with van der Waals surface area (Å²) in [5.41, 5.74) is 2.28. The Morgan fingerprint density at radius 3 is 2.68 bits per heavy atom. The van der Waals surface area contributed by atoms with Gasteiger partial charge in [0.1, 0.15) is 12.7 Å². The third-order valence-electron chi connectivity index (χ3n) is 6.02. The average molecular weight is 431 g/mol. The minimum absolute atomic E-state index is 0.256. The SMILES string of the molecule is CCn1cc(CNCc2ccc(OCC(O)CN(C)C3CCCCC3)c(OC)c2)cn1. The average Bonchev–Trinajstić information content (AvgIpc) is 3.26. The van der Waals surface area contributed by atoms with Crippen molar-refractivity contribution in [3.8, 4) is 11.5 Å². The monoisotopic (exact) mass is 430 g/mol. The van der Waals surface area contributed by atoms with Crippen molar-refractivity contribution in [2.75, 3.05) is 27.3 Å². The molecule has 7 heteroatoms. The maximum Gasteiger partial charge on any atom is 0.161 e. The maximum absolute atomic E-state index is 10.4. The molecule has 1 atom stereocenters. The van der Waals surface area contributed by atoms with Crippen LogP contribution in [0.3, 0.4) is 0 Å². The van der Waals surface area contributed by atoms with Gasteiger partial charge in [-0.3, -0.25) is 4.68 Å². The summed E-state index contributed by atoms with van der Waals surface area (Å²) < 4.78 is 13.3. The molecular formula is C24H38N4O3. The Labute approximate surface area is 186 Å². The van der Waals surface area contributed by atoms with Gasteiger partial charge in [-0.1, -0.05) is 25.3 Å². The zero-order valence-electron chi connectivity index (χ0n) is 19.2. The lowest BCUT2D eigenvalue weighted by Gasteiger charge is -2.32. The number of aryl methyl sites for hydroxylation is 1. The summed E-state index contributed by atoms with van der Waals surface area (Å²) in [4.78, 5) is 2.28. The summed E-state index contributed by atoms with van der Waals surface area (Å²) in [6, 6.07) is 6.52. The molecule has 1 saturated carbocycles. The van der Waals surface area contributed by atoms with Crippen LogP contribution >= 0.6 is 0 Å². The number of rotatable bonds is 12. The predicted molar refractivity (Wildman–Crippen MR) is 122 cm³/mol. The van der Waals surface area contributed by atoms with E-state index in [0.717, 1.165) is 25.2 Å².